The van der Waals surface area contributed by atoms with Crippen LogP contribution in [0.2, 0.25) is 0 Å². The minimum absolute atomic E-state index is 0.0808. The van der Waals surface area contributed by atoms with Gasteiger partial charge in [-0.15, -0.1) is 0 Å². The summed E-state index contributed by atoms with van der Waals surface area (Å²) in [6.07, 6.45) is -1.31. The van der Waals surface area contributed by atoms with Crippen LogP contribution in [0.4, 0.5) is 32.6 Å². The smallest absolute Gasteiger partial charge is 0.411 e. The standard InChI is InChI=1S/C21H29N5O4/c1-6-29-20(27)24-16-10-17(25-21(28)30-7-2)19(26-18(16)22)23-11-15-13(4)8-12(3)9-14(15)5/h8-10H,6-7,11H2,1-5H3,(H,24,27)(H,25,28)(H3,22,23,26). The average Bonchev–Trinajstić information content (AvgIpc) is 2.64. The molecule has 1 aromatic heterocycles. The Bertz CT molecular complexity index is 907. The number of nitrogens with zero attached hydrogens (tertiary/aromatic N) is 1. The van der Waals surface area contributed by atoms with Gasteiger partial charge in [-0.2, -0.15) is 0 Å². The molecule has 0 radical (unpaired) electrons. The second kappa shape index (κ2) is 10.3. The van der Waals surface area contributed by atoms with Gasteiger partial charge in [-0.3, -0.25) is 10.6 Å². The van der Waals surface area contributed by atoms with Crippen molar-refractivity contribution in [2.24, 2.45) is 0 Å². The second-order valence-corrected chi connectivity index (χ2v) is 6.74. The maximum Gasteiger partial charge on any atom is 0.411 e. The molecule has 2 amide bonds. The molecule has 1 aromatic carbocycles. The molecule has 0 aliphatic carbocycles. The Morgan fingerprint density at radius 3 is 2.00 bits per heavy atom. The summed E-state index contributed by atoms with van der Waals surface area (Å²) in [5.74, 6) is 0.437. The van der Waals surface area contributed by atoms with E-state index in [0.717, 1.165) is 16.7 Å². The molecule has 2 rings (SSSR count). The minimum atomic E-state index is -0.667. The van der Waals surface area contributed by atoms with Crippen molar-refractivity contribution in [2.75, 3.05) is 34.9 Å². The van der Waals surface area contributed by atoms with E-state index in [4.69, 9.17) is 15.2 Å². The molecule has 162 valence electrons. The molecule has 0 atom stereocenters. The van der Waals surface area contributed by atoms with Crippen molar-refractivity contribution in [3.63, 3.8) is 0 Å². The molecule has 0 spiro atoms. The lowest BCUT2D eigenvalue weighted by atomic mass is 10.00. The van der Waals surface area contributed by atoms with Gasteiger partial charge in [0, 0.05) is 6.54 Å². The van der Waals surface area contributed by atoms with E-state index in [-0.39, 0.29) is 24.7 Å². The van der Waals surface area contributed by atoms with Gasteiger partial charge >= 0.3 is 12.2 Å². The van der Waals surface area contributed by atoms with Gasteiger partial charge in [0.25, 0.3) is 0 Å². The molecule has 0 saturated carbocycles. The first-order valence-corrected chi connectivity index (χ1v) is 9.73. The second-order valence-electron chi connectivity index (χ2n) is 6.74. The Morgan fingerprint density at radius 2 is 1.47 bits per heavy atom. The van der Waals surface area contributed by atoms with Crippen LogP contribution in [0.15, 0.2) is 18.2 Å². The van der Waals surface area contributed by atoms with Crippen molar-refractivity contribution in [2.45, 2.75) is 41.2 Å². The molecule has 0 saturated heterocycles. The summed E-state index contributed by atoms with van der Waals surface area (Å²) in [4.78, 5) is 28.0. The lowest BCUT2D eigenvalue weighted by molar-refractivity contribution is 0.167. The molecule has 9 heteroatoms. The SMILES string of the molecule is CCOC(=O)Nc1cc(NC(=O)OCC)c(NCc2c(C)cc(C)cc2C)nc1N. The lowest BCUT2D eigenvalue weighted by Gasteiger charge is -2.17. The number of nitrogens with one attached hydrogen (secondary N) is 3. The Kier molecular flexibility index (Phi) is 7.85. The third kappa shape index (κ3) is 6.00. The molecule has 0 bridgehead atoms. The maximum absolute atomic E-state index is 12.0. The molecule has 0 unspecified atom stereocenters. The number of carbonyl (C=O) groups is 2. The van der Waals surface area contributed by atoms with Crippen molar-refractivity contribution in [1.82, 2.24) is 4.98 Å². The quantitative estimate of drug-likeness (QED) is 0.530. The van der Waals surface area contributed by atoms with Gasteiger partial charge in [0.1, 0.15) is 5.82 Å². The van der Waals surface area contributed by atoms with Crippen molar-refractivity contribution in [3.05, 3.63) is 40.5 Å². The van der Waals surface area contributed by atoms with Gasteiger partial charge in [-0.1, -0.05) is 17.7 Å². The van der Waals surface area contributed by atoms with Gasteiger partial charge in [0.15, 0.2) is 5.82 Å². The third-order valence-electron chi connectivity index (χ3n) is 4.35. The van der Waals surface area contributed by atoms with Crippen molar-refractivity contribution in [1.29, 1.82) is 0 Å². The number of pyridine rings is 1. The van der Waals surface area contributed by atoms with Crippen molar-refractivity contribution >= 4 is 35.2 Å². The molecular formula is C21H29N5O4. The Hall–Kier alpha value is -3.49. The third-order valence-corrected chi connectivity index (χ3v) is 4.35. The molecular weight excluding hydrogens is 386 g/mol. The number of hydrogen-bond acceptors (Lipinski definition) is 7. The van der Waals surface area contributed by atoms with E-state index in [1.807, 2.05) is 13.8 Å². The van der Waals surface area contributed by atoms with Crippen LogP contribution in [0.5, 0.6) is 0 Å². The maximum atomic E-state index is 12.0. The highest BCUT2D eigenvalue weighted by Crippen LogP contribution is 2.29. The summed E-state index contributed by atoms with van der Waals surface area (Å²) in [5, 5.41) is 8.36. The molecule has 1 heterocycles. The highest BCUT2D eigenvalue weighted by molar-refractivity contribution is 5.94. The zero-order valence-electron chi connectivity index (χ0n) is 18.0. The summed E-state index contributed by atoms with van der Waals surface area (Å²) in [7, 11) is 0. The predicted molar refractivity (Wildman–Crippen MR) is 118 cm³/mol. The van der Waals surface area contributed by atoms with Crippen LogP contribution < -0.4 is 21.7 Å². The van der Waals surface area contributed by atoms with Crippen LogP contribution in [0.1, 0.15) is 36.1 Å². The minimum Gasteiger partial charge on any atom is -0.450 e. The summed E-state index contributed by atoms with van der Waals surface area (Å²) >= 11 is 0. The van der Waals surface area contributed by atoms with Crippen molar-refractivity contribution < 1.29 is 19.1 Å². The topological polar surface area (TPSA) is 128 Å². The lowest BCUT2D eigenvalue weighted by Crippen LogP contribution is -2.19. The molecule has 0 aliphatic heterocycles. The predicted octanol–water partition coefficient (Wildman–Crippen LogP) is 4.34. The van der Waals surface area contributed by atoms with E-state index in [1.54, 1.807) is 13.8 Å². The first-order valence-electron chi connectivity index (χ1n) is 9.73. The fraction of sp³-hybridized carbons (Fsp3) is 0.381. The Labute approximate surface area is 176 Å². The number of amides is 2. The molecule has 9 nitrogen and oxygen atoms in total. The summed E-state index contributed by atoms with van der Waals surface area (Å²) in [6.45, 7) is 10.4. The van der Waals surface area contributed by atoms with E-state index < -0.39 is 12.2 Å². The van der Waals surface area contributed by atoms with Gasteiger partial charge in [-0.05, 0) is 57.4 Å². The number of aryl methyl sites for hydroxylation is 3. The van der Waals surface area contributed by atoms with E-state index >= 15 is 0 Å². The molecule has 30 heavy (non-hydrogen) atoms. The van der Waals surface area contributed by atoms with Gasteiger partial charge in [-0.25, -0.2) is 14.6 Å². The first kappa shape index (κ1) is 22.8. The van der Waals surface area contributed by atoms with Crippen LogP contribution in [-0.4, -0.2) is 30.4 Å². The number of benzene rings is 1. The zero-order chi connectivity index (χ0) is 22.3. The number of rotatable bonds is 7. The number of hydrogen-bond donors (Lipinski definition) is 4. The summed E-state index contributed by atoms with van der Waals surface area (Å²) < 4.78 is 9.83. The number of nitrogen functional groups attached to an aromatic ring is 1. The van der Waals surface area contributed by atoms with Gasteiger partial charge < -0.3 is 20.5 Å². The summed E-state index contributed by atoms with van der Waals surface area (Å²) in [5.41, 5.74) is 11.1. The highest BCUT2D eigenvalue weighted by Gasteiger charge is 2.16. The molecule has 5 N–H and O–H groups in total. The highest BCUT2D eigenvalue weighted by atomic mass is 16.6. The van der Waals surface area contributed by atoms with Crippen molar-refractivity contribution in [3.8, 4) is 0 Å². The summed E-state index contributed by atoms with van der Waals surface area (Å²) in [6, 6.07) is 5.72. The van der Waals surface area contributed by atoms with Crippen LogP contribution in [0.25, 0.3) is 0 Å². The first-order chi connectivity index (χ1) is 14.2. The number of nitrogens with two attached hydrogens (primary N) is 1. The van der Waals surface area contributed by atoms with E-state index in [9.17, 15) is 9.59 Å². The van der Waals surface area contributed by atoms with Crippen LogP contribution in [0, 0.1) is 20.8 Å². The number of carbonyl (C=O) groups excluding carboxylic acids is 2. The Morgan fingerprint density at radius 1 is 0.933 bits per heavy atom. The van der Waals surface area contributed by atoms with Gasteiger partial charge in [0.2, 0.25) is 0 Å². The zero-order valence-corrected chi connectivity index (χ0v) is 18.0. The van der Waals surface area contributed by atoms with Crippen LogP contribution in [0.3, 0.4) is 0 Å². The fourth-order valence-electron chi connectivity index (χ4n) is 3.07. The number of aromatic nitrogens is 1. The Balaban J connectivity index is 2.33. The largest absolute Gasteiger partial charge is 0.450 e. The molecule has 0 aliphatic rings. The normalized spacial score (nSPS) is 10.3. The number of ether oxygens (including phenoxy) is 2. The van der Waals surface area contributed by atoms with Gasteiger partial charge in [0.05, 0.1) is 24.6 Å². The fourth-order valence-corrected chi connectivity index (χ4v) is 3.07. The van der Waals surface area contributed by atoms with Crippen LogP contribution in [-0.2, 0) is 16.0 Å². The van der Waals surface area contributed by atoms with Crippen LogP contribution >= 0.6 is 0 Å². The molecule has 2 aromatic rings. The van der Waals surface area contributed by atoms with E-state index in [1.165, 1.54) is 11.6 Å². The van der Waals surface area contributed by atoms with E-state index in [0.29, 0.717) is 18.1 Å². The average molecular weight is 415 g/mol. The van der Waals surface area contributed by atoms with E-state index in [2.05, 4.69) is 40.0 Å². The molecule has 0 fully saturated rings. The number of anilines is 4. The monoisotopic (exact) mass is 415 g/mol.